The van der Waals surface area contributed by atoms with Crippen LogP contribution in [0.2, 0.25) is 5.15 Å². The van der Waals surface area contributed by atoms with Crippen LogP contribution in [-0.2, 0) is 0 Å². The Bertz CT molecular complexity index is 313. The monoisotopic (exact) mass is 244 g/mol. The molecule has 2 rings (SSSR count). The van der Waals surface area contributed by atoms with Gasteiger partial charge < -0.3 is 5.32 Å². The maximum absolute atomic E-state index is 5.81. The zero-order chi connectivity index (χ0) is 10.7. The molecule has 1 heterocycles. The first kappa shape index (κ1) is 11.2. The van der Waals surface area contributed by atoms with E-state index in [-0.39, 0.29) is 0 Å². The average Bonchev–Trinajstić information content (AvgIpc) is 2.65. The molecule has 2 atom stereocenters. The van der Waals surface area contributed by atoms with Crippen molar-refractivity contribution in [2.75, 3.05) is 5.32 Å². The summed E-state index contributed by atoms with van der Waals surface area (Å²) in [4.78, 5) is 4.25. The standard InChI is InChI=1S/C11H17ClN2S/c1-2-8-5-3-4-6-9(8)13-11-14-10(12)7-15-11/h7-9H,2-6H2,1H3,(H,13,14). The predicted octanol–water partition coefficient (Wildman–Crippen LogP) is 4.18. The second-order valence-electron chi connectivity index (χ2n) is 4.18. The van der Waals surface area contributed by atoms with Crippen LogP contribution < -0.4 is 5.32 Å². The van der Waals surface area contributed by atoms with Crippen molar-refractivity contribution in [2.45, 2.75) is 45.1 Å². The summed E-state index contributed by atoms with van der Waals surface area (Å²) in [5.41, 5.74) is 0. The van der Waals surface area contributed by atoms with Gasteiger partial charge in [0, 0.05) is 11.4 Å². The van der Waals surface area contributed by atoms with Gasteiger partial charge >= 0.3 is 0 Å². The molecule has 0 spiro atoms. The van der Waals surface area contributed by atoms with E-state index in [1.807, 2.05) is 5.38 Å². The molecule has 1 N–H and O–H groups in total. The summed E-state index contributed by atoms with van der Waals surface area (Å²) in [6.07, 6.45) is 6.61. The first-order chi connectivity index (χ1) is 7.29. The number of nitrogens with one attached hydrogen (secondary N) is 1. The van der Waals surface area contributed by atoms with E-state index in [2.05, 4.69) is 17.2 Å². The van der Waals surface area contributed by atoms with Crippen LogP contribution in [0.25, 0.3) is 0 Å². The summed E-state index contributed by atoms with van der Waals surface area (Å²) in [5, 5.41) is 6.99. The Hall–Kier alpha value is -0.280. The van der Waals surface area contributed by atoms with Crippen LogP contribution in [0.1, 0.15) is 39.0 Å². The number of thiazole rings is 1. The molecule has 0 bridgehead atoms. The summed E-state index contributed by atoms with van der Waals surface area (Å²) in [7, 11) is 0. The van der Waals surface area contributed by atoms with Crippen molar-refractivity contribution in [3.05, 3.63) is 10.5 Å². The molecule has 0 aromatic carbocycles. The van der Waals surface area contributed by atoms with Crippen molar-refractivity contribution in [3.8, 4) is 0 Å². The van der Waals surface area contributed by atoms with Gasteiger partial charge in [-0.1, -0.05) is 37.8 Å². The largest absolute Gasteiger partial charge is 0.358 e. The van der Waals surface area contributed by atoms with Crippen molar-refractivity contribution < 1.29 is 0 Å². The highest BCUT2D eigenvalue weighted by Gasteiger charge is 2.23. The van der Waals surface area contributed by atoms with E-state index in [1.165, 1.54) is 32.1 Å². The minimum atomic E-state index is 0.603. The van der Waals surface area contributed by atoms with Gasteiger partial charge in [0.25, 0.3) is 0 Å². The van der Waals surface area contributed by atoms with Crippen LogP contribution in [0.4, 0.5) is 5.13 Å². The van der Waals surface area contributed by atoms with Gasteiger partial charge in [0.15, 0.2) is 5.13 Å². The summed E-state index contributed by atoms with van der Waals surface area (Å²) in [5.74, 6) is 0.807. The molecule has 1 fully saturated rings. The first-order valence-corrected chi connectivity index (χ1v) is 6.93. The molecule has 0 radical (unpaired) electrons. The Balaban J connectivity index is 1.97. The van der Waals surface area contributed by atoms with Gasteiger partial charge in [0.2, 0.25) is 0 Å². The van der Waals surface area contributed by atoms with Crippen LogP contribution >= 0.6 is 22.9 Å². The number of halogens is 1. The fourth-order valence-electron chi connectivity index (χ4n) is 2.37. The predicted molar refractivity (Wildman–Crippen MR) is 66.8 cm³/mol. The fraction of sp³-hybridized carbons (Fsp3) is 0.727. The minimum absolute atomic E-state index is 0.603. The maximum Gasteiger partial charge on any atom is 0.184 e. The number of aromatic nitrogens is 1. The zero-order valence-corrected chi connectivity index (χ0v) is 10.6. The van der Waals surface area contributed by atoms with Crippen molar-refractivity contribution in [2.24, 2.45) is 5.92 Å². The Morgan fingerprint density at radius 1 is 1.53 bits per heavy atom. The van der Waals surface area contributed by atoms with Crippen molar-refractivity contribution in [3.63, 3.8) is 0 Å². The number of nitrogens with zero attached hydrogens (tertiary/aromatic N) is 1. The highest BCUT2D eigenvalue weighted by Crippen LogP contribution is 2.30. The molecule has 2 unspecified atom stereocenters. The first-order valence-electron chi connectivity index (χ1n) is 5.67. The number of anilines is 1. The Morgan fingerprint density at radius 2 is 2.33 bits per heavy atom. The summed E-state index contributed by atoms with van der Waals surface area (Å²) >= 11 is 7.41. The van der Waals surface area contributed by atoms with E-state index in [9.17, 15) is 0 Å². The van der Waals surface area contributed by atoms with Gasteiger partial charge in [-0.3, -0.25) is 0 Å². The smallest absolute Gasteiger partial charge is 0.184 e. The van der Waals surface area contributed by atoms with Crippen molar-refractivity contribution in [1.82, 2.24) is 4.98 Å². The number of hydrogen-bond donors (Lipinski definition) is 1. The van der Waals surface area contributed by atoms with Crippen molar-refractivity contribution in [1.29, 1.82) is 0 Å². The van der Waals surface area contributed by atoms with E-state index in [0.717, 1.165) is 11.0 Å². The Kier molecular flexibility index (Phi) is 3.87. The highest BCUT2D eigenvalue weighted by atomic mass is 35.5. The molecule has 4 heteroatoms. The molecule has 84 valence electrons. The maximum atomic E-state index is 5.81. The fourth-order valence-corrected chi connectivity index (χ4v) is 3.27. The minimum Gasteiger partial charge on any atom is -0.358 e. The quantitative estimate of drug-likeness (QED) is 0.863. The third kappa shape index (κ3) is 2.85. The third-order valence-corrected chi connectivity index (χ3v) is 4.32. The van der Waals surface area contributed by atoms with Crippen LogP contribution in [0.5, 0.6) is 0 Å². The molecule has 0 amide bonds. The lowest BCUT2D eigenvalue weighted by atomic mass is 9.83. The SMILES string of the molecule is CCC1CCCCC1Nc1nc(Cl)cs1. The molecule has 1 aromatic rings. The topological polar surface area (TPSA) is 24.9 Å². The Morgan fingerprint density at radius 3 is 3.00 bits per heavy atom. The average molecular weight is 245 g/mol. The van der Waals surface area contributed by atoms with E-state index < -0.39 is 0 Å². The van der Waals surface area contributed by atoms with Crippen LogP contribution in [0.15, 0.2) is 5.38 Å². The molecule has 15 heavy (non-hydrogen) atoms. The molecule has 1 aliphatic carbocycles. The molecule has 0 saturated heterocycles. The lowest BCUT2D eigenvalue weighted by Crippen LogP contribution is -2.31. The van der Waals surface area contributed by atoms with Gasteiger partial charge in [0.1, 0.15) is 5.15 Å². The third-order valence-electron chi connectivity index (χ3n) is 3.22. The lowest BCUT2D eigenvalue weighted by molar-refractivity contribution is 0.317. The van der Waals surface area contributed by atoms with Crippen molar-refractivity contribution >= 4 is 28.1 Å². The van der Waals surface area contributed by atoms with Crippen LogP contribution in [-0.4, -0.2) is 11.0 Å². The van der Waals surface area contributed by atoms with Crippen LogP contribution in [0.3, 0.4) is 0 Å². The normalized spacial score (nSPS) is 26.5. The van der Waals surface area contributed by atoms with Gasteiger partial charge in [-0.2, -0.15) is 0 Å². The van der Waals surface area contributed by atoms with E-state index in [0.29, 0.717) is 11.2 Å². The van der Waals surface area contributed by atoms with Gasteiger partial charge in [0.05, 0.1) is 0 Å². The molecule has 0 aliphatic heterocycles. The highest BCUT2D eigenvalue weighted by molar-refractivity contribution is 7.14. The zero-order valence-electron chi connectivity index (χ0n) is 9.00. The second-order valence-corrected chi connectivity index (χ2v) is 5.42. The number of hydrogen-bond acceptors (Lipinski definition) is 3. The van der Waals surface area contributed by atoms with Crippen LogP contribution in [0, 0.1) is 5.92 Å². The molecule has 1 aliphatic rings. The second kappa shape index (κ2) is 5.17. The number of rotatable bonds is 3. The Labute approximate surface area is 100 Å². The van der Waals surface area contributed by atoms with E-state index >= 15 is 0 Å². The molecule has 2 nitrogen and oxygen atoms in total. The van der Waals surface area contributed by atoms with Gasteiger partial charge in [-0.25, -0.2) is 4.98 Å². The lowest BCUT2D eigenvalue weighted by Gasteiger charge is -2.31. The van der Waals surface area contributed by atoms with Gasteiger partial charge in [-0.05, 0) is 18.8 Å². The molecule has 1 aromatic heterocycles. The van der Waals surface area contributed by atoms with E-state index in [1.54, 1.807) is 11.3 Å². The summed E-state index contributed by atoms with van der Waals surface area (Å²) in [6, 6.07) is 0.603. The molecule has 1 saturated carbocycles. The molecular weight excluding hydrogens is 228 g/mol. The summed E-state index contributed by atoms with van der Waals surface area (Å²) < 4.78 is 0. The van der Waals surface area contributed by atoms with E-state index in [4.69, 9.17) is 11.6 Å². The molecular formula is C11H17ClN2S. The van der Waals surface area contributed by atoms with Gasteiger partial charge in [-0.15, -0.1) is 11.3 Å². The summed E-state index contributed by atoms with van der Waals surface area (Å²) in [6.45, 7) is 2.28.